The summed E-state index contributed by atoms with van der Waals surface area (Å²) in [5, 5.41) is 9.34. The Bertz CT molecular complexity index is 1300. The van der Waals surface area contributed by atoms with Gasteiger partial charge in [-0.25, -0.2) is 9.59 Å². The number of piperazine rings is 1. The highest BCUT2D eigenvalue weighted by atomic mass is 35.5. The highest BCUT2D eigenvalue weighted by Gasteiger charge is 2.44. The first-order valence-corrected chi connectivity index (χ1v) is 13.3. The lowest BCUT2D eigenvalue weighted by atomic mass is 9.83. The van der Waals surface area contributed by atoms with E-state index in [1.54, 1.807) is 11.8 Å². The van der Waals surface area contributed by atoms with Gasteiger partial charge >= 0.3 is 18.0 Å². The fourth-order valence-corrected chi connectivity index (χ4v) is 6.74. The van der Waals surface area contributed by atoms with E-state index >= 15 is 0 Å². The summed E-state index contributed by atoms with van der Waals surface area (Å²) in [6.07, 6.45) is -5.83. The number of thioether (sulfide) groups is 1. The average molecular weight is 579 g/mol. The number of ether oxygens (including phenoxy) is 2. The molecule has 0 aliphatic carbocycles. The summed E-state index contributed by atoms with van der Waals surface area (Å²) < 4.78 is 54.2. The molecule has 1 saturated heterocycles. The molecule has 0 radical (unpaired) electrons. The number of anilines is 1. The molecular formula is C24H30ClF3N4O5S. The van der Waals surface area contributed by atoms with Gasteiger partial charge in [0, 0.05) is 37.4 Å². The van der Waals surface area contributed by atoms with Gasteiger partial charge in [-0.15, -0.1) is 11.8 Å². The van der Waals surface area contributed by atoms with E-state index < -0.39 is 52.1 Å². The number of carboxylic acid groups (broad SMARTS) is 1. The number of alkyl halides is 3. The molecule has 1 aromatic heterocycles. The molecule has 1 amide bonds. The van der Waals surface area contributed by atoms with Crippen LogP contribution in [0.15, 0.2) is 15.8 Å². The average Bonchev–Trinajstić information content (AvgIpc) is 2.81. The normalized spacial score (nSPS) is 22.3. The second-order valence-corrected chi connectivity index (χ2v) is 12.0. The Hall–Kier alpha value is -2.22. The topological polar surface area (TPSA) is 97.1 Å². The van der Waals surface area contributed by atoms with Gasteiger partial charge in [0.15, 0.2) is 0 Å². The Morgan fingerprint density at radius 1 is 1.29 bits per heavy atom. The maximum atomic E-state index is 14.1. The number of carbonyl (C=O) groups is 1. The summed E-state index contributed by atoms with van der Waals surface area (Å²) in [4.78, 5) is 33.0. The van der Waals surface area contributed by atoms with Crippen LogP contribution in [0.3, 0.4) is 0 Å². The van der Waals surface area contributed by atoms with Crippen molar-refractivity contribution in [3.63, 3.8) is 0 Å². The first kappa shape index (κ1) is 28.8. The Labute approximate surface area is 226 Å². The van der Waals surface area contributed by atoms with Crippen LogP contribution >= 0.6 is 23.4 Å². The number of aromatic nitrogens is 2. The summed E-state index contributed by atoms with van der Waals surface area (Å²) in [6.45, 7) is 7.80. The van der Waals surface area contributed by atoms with Crippen LogP contribution in [-0.4, -0.2) is 77.1 Å². The molecule has 0 saturated carbocycles. The van der Waals surface area contributed by atoms with Crippen molar-refractivity contribution in [1.82, 2.24) is 14.5 Å². The lowest BCUT2D eigenvalue weighted by Gasteiger charge is -2.50. The van der Waals surface area contributed by atoms with Crippen LogP contribution < -0.4 is 10.6 Å². The summed E-state index contributed by atoms with van der Waals surface area (Å²) >= 11 is 7.45. The standard InChI is InChI=1S/C24H30ClF3N4O5S/c1-12-7-30(22(34)35)8-16(23(2,3)4)31(12)20-14-6-15(24(26,27)28)17(25)19-18(14)32(21(33)29-20)13(10-38-19)9-37-11-36-5/h6,12-13,16H,7-11H2,1-5H3,(H,34,35). The molecule has 1 fully saturated rings. The van der Waals surface area contributed by atoms with Gasteiger partial charge < -0.3 is 24.4 Å². The molecule has 2 aromatic rings. The van der Waals surface area contributed by atoms with Crippen LogP contribution in [0.5, 0.6) is 0 Å². The van der Waals surface area contributed by atoms with Gasteiger partial charge in [0.2, 0.25) is 0 Å². The molecule has 2 aliphatic rings. The van der Waals surface area contributed by atoms with Crippen molar-refractivity contribution < 1.29 is 32.5 Å². The summed E-state index contributed by atoms with van der Waals surface area (Å²) in [7, 11) is 1.46. The molecule has 3 unspecified atom stereocenters. The van der Waals surface area contributed by atoms with Crippen LogP contribution in [0, 0.1) is 5.41 Å². The Balaban J connectivity index is 2.01. The van der Waals surface area contributed by atoms with Crippen molar-refractivity contribution in [1.29, 1.82) is 0 Å². The Morgan fingerprint density at radius 2 is 1.97 bits per heavy atom. The van der Waals surface area contributed by atoms with Crippen molar-refractivity contribution in [3.8, 4) is 0 Å². The van der Waals surface area contributed by atoms with Crippen molar-refractivity contribution in [2.45, 2.75) is 56.9 Å². The highest BCUT2D eigenvalue weighted by molar-refractivity contribution is 7.99. The summed E-state index contributed by atoms with van der Waals surface area (Å²) in [5.74, 6) is 0.340. The van der Waals surface area contributed by atoms with Crippen LogP contribution in [0.4, 0.5) is 23.8 Å². The highest BCUT2D eigenvalue weighted by Crippen LogP contribution is 2.49. The molecule has 4 rings (SSSR count). The van der Waals surface area contributed by atoms with Gasteiger partial charge in [-0.1, -0.05) is 32.4 Å². The maximum absolute atomic E-state index is 14.1. The first-order valence-electron chi connectivity index (χ1n) is 12.0. The fraction of sp³-hybridized carbons (Fsp3) is 0.625. The predicted molar refractivity (Wildman–Crippen MR) is 138 cm³/mol. The molecule has 1 N–H and O–H groups in total. The van der Waals surface area contributed by atoms with Gasteiger partial charge in [0.25, 0.3) is 0 Å². The second-order valence-electron chi connectivity index (χ2n) is 10.6. The van der Waals surface area contributed by atoms with Crippen LogP contribution in [0.2, 0.25) is 5.02 Å². The molecule has 14 heteroatoms. The minimum absolute atomic E-state index is 0.0101. The molecule has 3 atom stereocenters. The van der Waals surface area contributed by atoms with Gasteiger partial charge in [-0.2, -0.15) is 18.2 Å². The van der Waals surface area contributed by atoms with E-state index in [2.05, 4.69) is 4.98 Å². The molecule has 210 valence electrons. The van der Waals surface area contributed by atoms with Crippen molar-refractivity contribution in [3.05, 3.63) is 27.1 Å². The van der Waals surface area contributed by atoms with Crippen LogP contribution in [-0.2, 0) is 15.7 Å². The molecule has 0 bridgehead atoms. The monoisotopic (exact) mass is 578 g/mol. The second kappa shape index (κ2) is 10.4. The van der Waals surface area contributed by atoms with E-state index in [9.17, 15) is 27.9 Å². The van der Waals surface area contributed by atoms with Crippen LogP contribution in [0.25, 0.3) is 10.9 Å². The third-order valence-electron chi connectivity index (χ3n) is 6.89. The fourth-order valence-electron chi connectivity index (χ4n) is 5.14. The van der Waals surface area contributed by atoms with Gasteiger partial charge in [0.1, 0.15) is 12.6 Å². The third-order valence-corrected chi connectivity index (χ3v) is 8.63. The van der Waals surface area contributed by atoms with E-state index in [4.69, 9.17) is 21.1 Å². The molecule has 0 spiro atoms. The van der Waals surface area contributed by atoms with E-state index in [-0.39, 0.29) is 53.9 Å². The number of amides is 1. The van der Waals surface area contributed by atoms with Crippen molar-refractivity contribution in [2.24, 2.45) is 5.41 Å². The minimum Gasteiger partial charge on any atom is -0.465 e. The number of nitrogens with zero attached hydrogens (tertiary/aromatic N) is 4. The Morgan fingerprint density at radius 3 is 2.55 bits per heavy atom. The predicted octanol–water partition coefficient (Wildman–Crippen LogP) is 4.94. The zero-order chi connectivity index (χ0) is 28.2. The van der Waals surface area contributed by atoms with Gasteiger partial charge in [0.05, 0.1) is 39.7 Å². The largest absolute Gasteiger partial charge is 0.465 e. The van der Waals surface area contributed by atoms with Gasteiger partial charge in [-0.05, 0) is 18.4 Å². The zero-order valence-electron chi connectivity index (χ0n) is 21.6. The lowest BCUT2D eigenvalue weighted by molar-refractivity contribution is -0.137. The van der Waals surface area contributed by atoms with E-state index in [0.29, 0.717) is 0 Å². The molecule has 9 nitrogen and oxygen atoms in total. The first-order chi connectivity index (χ1) is 17.7. The molecule has 1 aromatic carbocycles. The number of methoxy groups -OCH3 is 1. The minimum atomic E-state index is -4.74. The Kier molecular flexibility index (Phi) is 7.88. The third kappa shape index (κ3) is 5.17. The van der Waals surface area contributed by atoms with Gasteiger partial charge in [-0.3, -0.25) is 4.57 Å². The van der Waals surface area contributed by atoms with E-state index in [1.165, 1.54) is 16.6 Å². The van der Waals surface area contributed by atoms with E-state index in [0.717, 1.165) is 17.8 Å². The van der Waals surface area contributed by atoms with Crippen LogP contribution in [0.1, 0.15) is 39.3 Å². The summed E-state index contributed by atoms with van der Waals surface area (Å²) in [6, 6.07) is -0.501. The number of benzene rings is 1. The molecule has 38 heavy (non-hydrogen) atoms. The number of halogens is 4. The summed E-state index contributed by atoms with van der Waals surface area (Å²) in [5.41, 5.74) is -1.90. The smallest absolute Gasteiger partial charge is 0.417 e. The van der Waals surface area contributed by atoms with E-state index in [1.807, 2.05) is 20.8 Å². The lowest BCUT2D eigenvalue weighted by Crippen LogP contribution is -2.63. The number of rotatable bonds is 5. The van der Waals surface area contributed by atoms with Crippen molar-refractivity contribution >= 4 is 46.2 Å². The van der Waals surface area contributed by atoms with Crippen molar-refractivity contribution in [2.75, 3.05) is 44.3 Å². The number of hydrogen-bond donors (Lipinski definition) is 1. The SMILES string of the molecule is COCOCC1CSc2c(Cl)c(C(F)(F)F)cc3c(N4C(C)CN(C(=O)O)CC4C(C)(C)C)nc(=O)n1c23. The number of hydrogen-bond acceptors (Lipinski definition) is 7. The maximum Gasteiger partial charge on any atom is 0.417 e. The molecule has 3 heterocycles. The molecular weight excluding hydrogens is 549 g/mol. The molecule has 2 aliphatic heterocycles. The zero-order valence-corrected chi connectivity index (χ0v) is 23.2. The quantitative estimate of drug-likeness (QED) is 0.394.